The fourth-order valence-electron chi connectivity index (χ4n) is 2.78. The third-order valence-corrected chi connectivity index (χ3v) is 4.02. The Kier molecular flexibility index (Phi) is 4.62. The van der Waals surface area contributed by atoms with Crippen molar-refractivity contribution >= 4 is 0 Å². The summed E-state index contributed by atoms with van der Waals surface area (Å²) >= 11 is 0. The highest BCUT2D eigenvalue weighted by Crippen LogP contribution is 2.30. The smallest absolute Gasteiger partial charge is 0.0830 e. The molecule has 0 aromatic carbocycles. The van der Waals surface area contributed by atoms with Gasteiger partial charge in [0.25, 0.3) is 0 Å². The quantitative estimate of drug-likeness (QED) is 0.670. The molecule has 1 aliphatic heterocycles. The Labute approximate surface area is 99.1 Å². The first-order chi connectivity index (χ1) is 7.79. The third kappa shape index (κ3) is 3.19. The largest absolute Gasteiger partial charge is 0.382 e. The van der Waals surface area contributed by atoms with Gasteiger partial charge in [-0.15, -0.1) is 0 Å². The number of hydrogen-bond donors (Lipinski definition) is 0. The maximum Gasteiger partial charge on any atom is 0.0830 e. The minimum atomic E-state index is 0.467. The van der Waals surface area contributed by atoms with E-state index < -0.39 is 0 Å². The van der Waals surface area contributed by atoms with Gasteiger partial charge in [-0.2, -0.15) is 0 Å². The second-order valence-corrected chi connectivity index (χ2v) is 5.35. The molecule has 2 aliphatic rings. The molecule has 0 aromatic rings. The van der Waals surface area contributed by atoms with E-state index in [0.717, 1.165) is 38.3 Å². The van der Waals surface area contributed by atoms with Gasteiger partial charge in [0.15, 0.2) is 0 Å². The topological polar surface area (TPSA) is 21.7 Å². The Hall–Kier alpha value is -0.120. The van der Waals surface area contributed by atoms with Gasteiger partial charge in [0.1, 0.15) is 0 Å². The zero-order valence-electron chi connectivity index (χ0n) is 10.7. The maximum atomic E-state index is 5.69. The van der Waals surface area contributed by atoms with Crippen LogP contribution in [0.5, 0.6) is 0 Å². The molecule has 0 unspecified atom stereocenters. The predicted molar refractivity (Wildman–Crippen MR) is 64.6 cm³/mol. The number of rotatable bonds is 5. The summed E-state index contributed by atoms with van der Waals surface area (Å²) in [7, 11) is 1.72. The fourth-order valence-corrected chi connectivity index (χ4v) is 2.78. The Bertz CT molecular complexity index is 196. The summed E-state index contributed by atoms with van der Waals surface area (Å²) in [5.74, 6) is 0.950. The summed E-state index contributed by atoms with van der Waals surface area (Å²) < 4.78 is 10.7. The summed E-state index contributed by atoms with van der Waals surface area (Å²) in [5.41, 5.74) is 0. The van der Waals surface area contributed by atoms with E-state index in [4.69, 9.17) is 9.47 Å². The van der Waals surface area contributed by atoms with Crippen molar-refractivity contribution in [2.75, 3.05) is 33.4 Å². The lowest BCUT2D eigenvalue weighted by Gasteiger charge is -2.46. The first-order valence-corrected chi connectivity index (χ1v) is 6.64. The Morgan fingerprint density at radius 3 is 2.38 bits per heavy atom. The predicted octanol–water partition coefficient (Wildman–Crippen LogP) is 1.91. The lowest BCUT2D eigenvalue weighted by molar-refractivity contribution is -0.0877. The minimum Gasteiger partial charge on any atom is -0.382 e. The van der Waals surface area contributed by atoms with Crippen LogP contribution < -0.4 is 0 Å². The average Bonchev–Trinajstić information content (AvgIpc) is 2.23. The summed E-state index contributed by atoms with van der Waals surface area (Å²) in [6.45, 7) is 6.13. The van der Waals surface area contributed by atoms with Gasteiger partial charge in [-0.25, -0.2) is 0 Å². The lowest BCUT2D eigenvalue weighted by Crippen LogP contribution is -2.57. The van der Waals surface area contributed by atoms with Crippen LogP contribution in [0.15, 0.2) is 0 Å². The molecule has 0 amide bonds. The van der Waals surface area contributed by atoms with E-state index in [-0.39, 0.29) is 0 Å². The normalized spacial score (nSPS) is 32.6. The van der Waals surface area contributed by atoms with Crippen molar-refractivity contribution in [3.63, 3.8) is 0 Å². The zero-order valence-corrected chi connectivity index (χ0v) is 10.7. The molecule has 1 saturated carbocycles. The van der Waals surface area contributed by atoms with E-state index >= 15 is 0 Å². The SMILES string of the molecule is COCCOC1CN([C@H]2CC[C@H](C)CC2)C1. The van der Waals surface area contributed by atoms with E-state index in [9.17, 15) is 0 Å². The van der Waals surface area contributed by atoms with Gasteiger partial charge < -0.3 is 9.47 Å². The molecule has 0 radical (unpaired) electrons. The van der Waals surface area contributed by atoms with Crippen LogP contribution in [0.25, 0.3) is 0 Å². The molecule has 2 fully saturated rings. The summed E-state index contributed by atoms with van der Waals surface area (Å²) in [5, 5.41) is 0. The average molecular weight is 227 g/mol. The van der Waals surface area contributed by atoms with Crippen LogP contribution in [0.3, 0.4) is 0 Å². The monoisotopic (exact) mass is 227 g/mol. The molecule has 0 atom stereocenters. The fraction of sp³-hybridized carbons (Fsp3) is 1.00. The molecule has 1 saturated heterocycles. The van der Waals surface area contributed by atoms with Gasteiger partial charge in [0, 0.05) is 26.2 Å². The Balaban J connectivity index is 1.57. The van der Waals surface area contributed by atoms with Crippen molar-refractivity contribution < 1.29 is 9.47 Å². The molecule has 3 nitrogen and oxygen atoms in total. The van der Waals surface area contributed by atoms with Gasteiger partial charge in [0.2, 0.25) is 0 Å². The molecule has 1 heterocycles. The van der Waals surface area contributed by atoms with Crippen LogP contribution in [-0.4, -0.2) is 50.5 Å². The van der Waals surface area contributed by atoms with Crippen LogP contribution in [0.2, 0.25) is 0 Å². The van der Waals surface area contributed by atoms with Crippen LogP contribution >= 0.6 is 0 Å². The van der Waals surface area contributed by atoms with E-state index in [1.165, 1.54) is 25.7 Å². The Morgan fingerprint density at radius 2 is 1.75 bits per heavy atom. The summed E-state index contributed by atoms with van der Waals surface area (Å²) in [4.78, 5) is 2.60. The van der Waals surface area contributed by atoms with Crippen LogP contribution in [0, 0.1) is 5.92 Å². The number of nitrogens with zero attached hydrogens (tertiary/aromatic N) is 1. The van der Waals surface area contributed by atoms with Crippen molar-refractivity contribution in [3.8, 4) is 0 Å². The molecule has 1 aliphatic carbocycles. The molecule has 0 bridgehead atoms. The van der Waals surface area contributed by atoms with Crippen LogP contribution in [0.4, 0.5) is 0 Å². The standard InChI is InChI=1S/C13H25NO2/c1-11-3-5-12(6-4-11)14-9-13(10-14)16-8-7-15-2/h11-13H,3-10H2,1-2H3/t11-,12-. The highest BCUT2D eigenvalue weighted by Gasteiger charge is 2.34. The van der Waals surface area contributed by atoms with Crippen molar-refractivity contribution in [2.45, 2.75) is 44.8 Å². The Morgan fingerprint density at radius 1 is 1.06 bits per heavy atom. The number of hydrogen-bond acceptors (Lipinski definition) is 3. The molecule has 0 aromatic heterocycles. The van der Waals surface area contributed by atoms with Gasteiger partial charge in [0.05, 0.1) is 19.3 Å². The van der Waals surface area contributed by atoms with Crippen molar-refractivity contribution in [2.24, 2.45) is 5.92 Å². The molecular weight excluding hydrogens is 202 g/mol. The number of ether oxygens (including phenoxy) is 2. The number of likely N-dealkylation sites (tertiary alicyclic amines) is 1. The van der Waals surface area contributed by atoms with Crippen LogP contribution in [0.1, 0.15) is 32.6 Å². The van der Waals surface area contributed by atoms with Crippen LogP contribution in [-0.2, 0) is 9.47 Å². The molecule has 2 rings (SSSR count). The van der Waals surface area contributed by atoms with Gasteiger partial charge >= 0.3 is 0 Å². The summed E-state index contributed by atoms with van der Waals surface area (Å²) in [6.07, 6.45) is 6.08. The molecular formula is C13H25NO2. The highest BCUT2D eigenvalue weighted by atomic mass is 16.5. The summed E-state index contributed by atoms with van der Waals surface area (Å²) in [6, 6.07) is 0.846. The highest BCUT2D eigenvalue weighted by molar-refractivity contribution is 4.88. The second-order valence-electron chi connectivity index (χ2n) is 5.35. The van der Waals surface area contributed by atoms with Crippen molar-refractivity contribution in [3.05, 3.63) is 0 Å². The molecule has 94 valence electrons. The zero-order chi connectivity index (χ0) is 11.4. The van der Waals surface area contributed by atoms with Crippen molar-refractivity contribution in [1.82, 2.24) is 4.90 Å². The van der Waals surface area contributed by atoms with Gasteiger partial charge in [-0.3, -0.25) is 4.90 Å². The molecule has 16 heavy (non-hydrogen) atoms. The first kappa shape index (κ1) is 12.3. The van der Waals surface area contributed by atoms with Gasteiger partial charge in [-0.05, 0) is 31.6 Å². The molecule has 0 N–H and O–H groups in total. The molecule has 3 heteroatoms. The first-order valence-electron chi connectivity index (χ1n) is 6.64. The molecule has 0 spiro atoms. The van der Waals surface area contributed by atoms with E-state index in [1.807, 2.05) is 0 Å². The third-order valence-electron chi connectivity index (χ3n) is 4.02. The van der Waals surface area contributed by atoms with E-state index in [2.05, 4.69) is 11.8 Å². The second kappa shape index (κ2) is 5.99. The minimum absolute atomic E-state index is 0.467. The van der Waals surface area contributed by atoms with E-state index in [0.29, 0.717) is 6.10 Å². The lowest BCUT2D eigenvalue weighted by atomic mass is 9.85. The number of methoxy groups -OCH3 is 1. The van der Waals surface area contributed by atoms with Gasteiger partial charge in [-0.1, -0.05) is 6.92 Å². The van der Waals surface area contributed by atoms with E-state index in [1.54, 1.807) is 7.11 Å². The maximum absolute atomic E-state index is 5.69. The van der Waals surface area contributed by atoms with Crippen molar-refractivity contribution in [1.29, 1.82) is 0 Å².